The summed E-state index contributed by atoms with van der Waals surface area (Å²) >= 11 is 0. The van der Waals surface area contributed by atoms with E-state index in [0.29, 0.717) is 42.7 Å². The minimum atomic E-state index is -1.30. The third kappa shape index (κ3) is 5.23. The third-order valence-electron chi connectivity index (χ3n) is 12.3. The number of aliphatic hydroxyl groups is 1. The Morgan fingerprint density at radius 2 is 1.85 bits per heavy atom. The van der Waals surface area contributed by atoms with Crippen LogP contribution in [0.15, 0.2) is 88.3 Å². The molecule has 8 rings (SSSR count). The van der Waals surface area contributed by atoms with Gasteiger partial charge < -0.3 is 33.2 Å². The molecule has 0 spiro atoms. The molecule has 0 bridgehead atoms. The minimum absolute atomic E-state index is 0.0359. The lowest BCUT2D eigenvalue weighted by atomic mass is 9.42. The van der Waals surface area contributed by atoms with Gasteiger partial charge in [-0.2, -0.15) is 5.26 Å². The number of carbonyl (C=O) groups excluding carboxylic acids is 1. The number of nitrogens with zero attached hydrogens (tertiary/aromatic N) is 2. The van der Waals surface area contributed by atoms with Crippen molar-refractivity contribution in [3.8, 4) is 28.9 Å². The fraction of sp³-hybridized carbons (Fsp3) is 0.415. The van der Waals surface area contributed by atoms with E-state index in [1.54, 1.807) is 62.0 Å². The lowest BCUT2D eigenvalue weighted by Gasteiger charge is -2.67. The molecule has 2 aliphatic heterocycles. The Balaban J connectivity index is 1.20. The Morgan fingerprint density at radius 1 is 1.06 bits per heavy atom. The first-order valence-corrected chi connectivity index (χ1v) is 17.6. The van der Waals surface area contributed by atoms with Crippen molar-refractivity contribution in [1.82, 2.24) is 4.98 Å². The van der Waals surface area contributed by atoms with Gasteiger partial charge in [0.1, 0.15) is 34.5 Å². The molecule has 2 unspecified atom stereocenters. The molecule has 4 aromatic rings. The number of para-hydroxylation sites is 1. The molecule has 3 fully saturated rings. The monoisotopic (exact) mass is 704 g/mol. The molecule has 2 aromatic carbocycles. The van der Waals surface area contributed by atoms with Crippen LogP contribution in [0.1, 0.15) is 79.5 Å². The maximum atomic E-state index is 13.9. The highest BCUT2D eigenvalue weighted by Gasteiger charge is 2.71. The summed E-state index contributed by atoms with van der Waals surface area (Å²) in [7, 11) is 1.62. The number of fused-ring (bicyclic) bond motifs is 6. The molecule has 1 N–H and O–H groups in total. The smallest absolute Gasteiger partial charge is 0.345 e. The number of hydrogen-bond donors (Lipinski definition) is 1. The largest absolute Gasteiger partial charge is 0.496 e. The number of pyridine rings is 1. The van der Waals surface area contributed by atoms with E-state index in [4.69, 9.17) is 28.1 Å². The van der Waals surface area contributed by atoms with E-state index in [1.807, 2.05) is 31.2 Å². The second-order valence-corrected chi connectivity index (χ2v) is 15.1. The lowest BCUT2D eigenvalue weighted by Crippen LogP contribution is -2.71. The van der Waals surface area contributed by atoms with Gasteiger partial charge in [-0.05, 0) is 80.0 Å². The molecule has 52 heavy (non-hydrogen) atoms. The van der Waals surface area contributed by atoms with Crippen molar-refractivity contribution in [2.75, 3.05) is 13.7 Å². The van der Waals surface area contributed by atoms with Crippen LogP contribution in [-0.2, 0) is 14.2 Å². The van der Waals surface area contributed by atoms with Crippen LogP contribution in [0.25, 0.3) is 11.3 Å². The molecular formula is C41H40N2O9. The van der Waals surface area contributed by atoms with Crippen LogP contribution in [-0.4, -0.2) is 47.6 Å². The van der Waals surface area contributed by atoms with Crippen LogP contribution in [0.3, 0.4) is 0 Å². The fourth-order valence-electron chi connectivity index (χ4n) is 9.76. The maximum Gasteiger partial charge on any atom is 0.345 e. The maximum absolute atomic E-state index is 13.9. The molecule has 9 atom stereocenters. The molecule has 1 saturated heterocycles. The minimum Gasteiger partial charge on any atom is -0.496 e. The number of aromatic nitrogens is 1. The highest BCUT2D eigenvalue weighted by Crippen LogP contribution is 2.68. The molecule has 268 valence electrons. The summed E-state index contributed by atoms with van der Waals surface area (Å²) in [6, 6.07) is 21.1. The topological polar surface area (TPSA) is 150 Å². The van der Waals surface area contributed by atoms with Crippen LogP contribution >= 0.6 is 0 Å². The van der Waals surface area contributed by atoms with Gasteiger partial charge in [-0.15, -0.1) is 0 Å². The van der Waals surface area contributed by atoms with Crippen molar-refractivity contribution in [2.24, 2.45) is 22.7 Å². The number of esters is 1. The molecule has 0 radical (unpaired) electrons. The number of hydrogen-bond acceptors (Lipinski definition) is 11. The standard InChI is InChI=1S/C41H40N2O9/c1-39-16-15-31-40(2,22-48-38(51-31)26-9-5-6-10-27(26)47-4)30(39)19-32(50-36(45)24-13-11-23(20-42)12-14-24)41(3)35(39)34(44)33-29(52-41)18-28(49-37(33)46)25-8-7-17-43-21-25/h5-14,17-18,21,30-32,34-35,38,44H,15-16,19,22H2,1-4H3/t30?,31-,32-,34-,35?,38+,39-,40-,41+/m0/s1. The van der Waals surface area contributed by atoms with E-state index >= 15 is 0 Å². The van der Waals surface area contributed by atoms with E-state index in [0.717, 1.165) is 5.56 Å². The predicted molar refractivity (Wildman–Crippen MR) is 186 cm³/mol. The Kier molecular flexibility index (Phi) is 8.25. The number of rotatable bonds is 5. The Bertz CT molecular complexity index is 2110. The molecule has 2 aromatic heterocycles. The molecule has 11 heteroatoms. The van der Waals surface area contributed by atoms with Gasteiger partial charge in [0.15, 0.2) is 6.29 Å². The molecule has 11 nitrogen and oxygen atoms in total. The molecule has 4 heterocycles. The summed E-state index contributed by atoms with van der Waals surface area (Å²) in [4.78, 5) is 31.7. The highest BCUT2D eigenvalue weighted by atomic mass is 16.7. The summed E-state index contributed by atoms with van der Waals surface area (Å²) in [6.45, 7) is 6.47. The van der Waals surface area contributed by atoms with Gasteiger partial charge in [-0.1, -0.05) is 32.0 Å². The zero-order valence-corrected chi connectivity index (χ0v) is 29.4. The quantitative estimate of drug-likeness (QED) is 0.225. The number of benzene rings is 2. The van der Waals surface area contributed by atoms with Crippen molar-refractivity contribution in [3.63, 3.8) is 0 Å². The third-order valence-corrected chi connectivity index (χ3v) is 12.3. The average molecular weight is 705 g/mol. The normalized spacial score (nSPS) is 33.2. The van der Waals surface area contributed by atoms with E-state index in [-0.39, 0.29) is 34.7 Å². The molecule has 2 aliphatic carbocycles. The SMILES string of the molecule is COc1ccccc1[C@@H]1OC[C@@]2(C)C3C[C@H](OC(=O)c4ccc(C#N)cc4)[C@@]4(C)Oc5cc(-c6cccnc6)oc(=O)c5[C@H](O)C4[C@@]3(C)CC[C@@H]2O1. The Morgan fingerprint density at radius 3 is 2.58 bits per heavy atom. The second kappa shape index (κ2) is 12.6. The van der Waals surface area contributed by atoms with E-state index in [9.17, 15) is 20.0 Å². The first kappa shape index (κ1) is 34.1. The zero-order valence-electron chi connectivity index (χ0n) is 29.4. The van der Waals surface area contributed by atoms with Crippen molar-refractivity contribution in [1.29, 1.82) is 5.26 Å². The van der Waals surface area contributed by atoms with Crippen LogP contribution in [0, 0.1) is 34.0 Å². The summed E-state index contributed by atoms with van der Waals surface area (Å²) in [6.07, 6.45) is 1.85. The molecule has 0 amide bonds. The van der Waals surface area contributed by atoms with Crippen molar-refractivity contribution >= 4 is 5.97 Å². The van der Waals surface area contributed by atoms with Crippen LogP contribution in [0.2, 0.25) is 0 Å². The fourth-order valence-corrected chi connectivity index (χ4v) is 9.76. The number of methoxy groups -OCH3 is 1. The van der Waals surface area contributed by atoms with Gasteiger partial charge >= 0.3 is 11.6 Å². The highest BCUT2D eigenvalue weighted by molar-refractivity contribution is 5.89. The summed E-state index contributed by atoms with van der Waals surface area (Å²) in [5.41, 5.74) is -1.05. The van der Waals surface area contributed by atoms with Gasteiger partial charge in [0.25, 0.3) is 0 Å². The number of aliphatic hydroxyl groups excluding tert-OH is 1. The van der Waals surface area contributed by atoms with Gasteiger partial charge in [-0.3, -0.25) is 4.98 Å². The number of ether oxygens (including phenoxy) is 5. The Labute approximate surface area is 301 Å². The zero-order chi connectivity index (χ0) is 36.4. The summed E-state index contributed by atoms with van der Waals surface area (Å²) in [5.74, 6) is -0.391. The first-order chi connectivity index (χ1) is 25.0. The predicted octanol–water partition coefficient (Wildman–Crippen LogP) is 6.55. The van der Waals surface area contributed by atoms with Gasteiger partial charge in [0, 0.05) is 40.9 Å². The molecular weight excluding hydrogens is 664 g/mol. The van der Waals surface area contributed by atoms with E-state index in [1.165, 1.54) is 0 Å². The van der Waals surface area contributed by atoms with Gasteiger partial charge in [-0.25, -0.2) is 9.59 Å². The summed E-state index contributed by atoms with van der Waals surface area (Å²) < 4.78 is 37.9. The average Bonchev–Trinajstić information content (AvgIpc) is 3.15. The van der Waals surface area contributed by atoms with Crippen LogP contribution < -0.4 is 15.1 Å². The van der Waals surface area contributed by atoms with Crippen molar-refractivity contribution in [2.45, 2.75) is 70.2 Å². The molecule has 4 aliphatic rings. The molecule has 2 saturated carbocycles. The first-order valence-electron chi connectivity index (χ1n) is 17.6. The Hall–Kier alpha value is -5.02. The van der Waals surface area contributed by atoms with Crippen molar-refractivity contribution in [3.05, 3.63) is 112 Å². The van der Waals surface area contributed by atoms with Gasteiger partial charge in [0.2, 0.25) is 0 Å². The number of nitriles is 1. The van der Waals surface area contributed by atoms with E-state index in [2.05, 4.69) is 24.9 Å². The van der Waals surface area contributed by atoms with Crippen LogP contribution in [0.4, 0.5) is 0 Å². The summed E-state index contributed by atoms with van der Waals surface area (Å²) in [5, 5.41) is 21.7. The van der Waals surface area contributed by atoms with Crippen LogP contribution in [0.5, 0.6) is 11.5 Å². The van der Waals surface area contributed by atoms with E-state index < -0.39 is 52.4 Å². The van der Waals surface area contributed by atoms with Crippen molar-refractivity contribution < 1.29 is 38.0 Å². The second-order valence-electron chi connectivity index (χ2n) is 15.1. The lowest BCUT2D eigenvalue weighted by molar-refractivity contribution is -0.330. The number of carbonyl (C=O) groups is 1. The van der Waals surface area contributed by atoms with Gasteiger partial charge in [0.05, 0.1) is 43.1 Å².